The molecule has 5 rings (SSSR count). The van der Waals surface area contributed by atoms with Crippen molar-refractivity contribution in [1.82, 2.24) is 0 Å². The molecule has 0 N–H and O–H groups in total. The molecule has 2 aromatic carbocycles. The maximum atomic E-state index is 2.56. The van der Waals surface area contributed by atoms with Crippen LogP contribution < -0.4 is 4.57 Å². The average molecular weight is 328 g/mol. The topological polar surface area (TPSA) is 3.88 Å². The van der Waals surface area contributed by atoms with Gasteiger partial charge in [0.1, 0.15) is 0 Å². The maximum Gasteiger partial charge on any atom is 0.221 e. The fraction of sp³-hybridized carbons (Fsp3) is 0.375. The van der Waals surface area contributed by atoms with Crippen LogP contribution in [0.4, 0.5) is 0 Å². The van der Waals surface area contributed by atoms with Crippen LogP contribution in [0.5, 0.6) is 0 Å². The van der Waals surface area contributed by atoms with E-state index in [-0.39, 0.29) is 11.0 Å². The summed E-state index contributed by atoms with van der Waals surface area (Å²) in [5, 5.41) is 2.70. The molecule has 1 aliphatic carbocycles. The van der Waals surface area contributed by atoms with Crippen molar-refractivity contribution in [2.24, 2.45) is 0 Å². The first kappa shape index (κ1) is 15.1. The third kappa shape index (κ3) is 1.76. The maximum absolute atomic E-state index is 2.56. The minimum absolute atomic E-state index is 0.202. The highest BCUT2D eigenvalue weighted by Crippen LogP contribution is 2.64. The molecular weight excluding hydrogens is 302 g/mol. The number of hydrogen-bond acceptors (Lipinski definition) is 0. The Hall–Kier alpha value is -2.15. The number of pyridine rings is 1. The Labute approximate surface area is 150 Å². The first-order chi connectivity index (χ1) is 12.0. The molecule has 0 spiro atoms. The van der Waals surface area contributed by atoms with Crippen LogP contribution in [0.2, 0.25) is 0 Å². The van der Waals surface area contributed by atoms with E-state index in [9.17, 15) is 0 Å². The van der Waals surface area contributed by atoms with Gasteiger partial charge in [-0.15, -0.1) is 0 Å². The first-order valence-corrected chi connectivity index (χ1v) is 9.58. The molecule has 126 valence electrons. The Morgan fingerprint density at radius 2 is 1.88 bits per heavy atom. The summed E-state index contributed by atoms with van der Waals surface area (Å²) in [6.45, 7) is 9.52. The van der Waals surface area contributed by atoms with Crippen LogP contribution in [0.15, 0.2) is 54.7 Å². The number of aromatic nitrogens is 1. The Morgan fingerprint density at radius 1 is 1.08 bits per heavy atom. The zero-order chi connectivity index (χ0) is 17.4. The van der Waals surface area contributed by atoms with Crippen molar-refractivity contribution in [2.45, 2.75) is 57.4 Å². The standard InChI is InChI=1S/C24H26N/c1-5-16(2)18-10-11-20-21(14-18)23(3)15-24(23,4)25-13-12-17-8-6-7-9-19(17)22(20)25/h6-14,16H,5,15H2,1-4H3/q+1. The average Bonchev–Trinajstić information content (AvgIpc) is 3.24. The number of fused-ring (bicyclic) bond motifs is 8. The van der Waals surface area contributed by atoms with Crippen LogP contribution in [-0.4, -0.2) is 0 Å². The van der Waals surface area contributed by atoms with Gasteiger partial charge < -0.3 is 0 Å². The summed E-state index contributed by atoms with van der Waals surface area (Å²) in [6, 6.07) is 18.3. The SMILES string of the molecule is CCC(C)c1ccc2c(c1)C1(C)CC1(C)[n+]1ccc3ccccc3c1-2. The zero-order valence-corrected chi connectivity index (χ0v) is 15.6. The third-order valence-electron chi connectivity index (χ3n) is 7.23. The zero-order valence-electron chi connectivity index (χ0n) is 15.6. The monoisotopic (exact) mass is 328 g/mol. The highest BCUT2D eigenvalue weighted by atomic mass is 15.1. The van der Waals surface area contributed by atoms with Crippen LogP contribution in [0.1, 0.15) is 57.6 Å². The van der Waals surface area contributed by atoms with Crippen LogP contribution >= 0.6 is 0 Å². The van der Waals surface area contributed by atoms with Crippen molar-refractivity contribution in [3.05, 3.63) is 65.9 Å². The molecule has 0 saturated heterocycles. The van der Waals surface area contributed by atoms with Crippen molar-refractivity contribution in [3.8, 4) is 11.3 Å². The second-order valence-electron chi connectivity index (χ2n) is 8.52. The summed E-state index contributed by atoms with van der Waals surface area (Å²) in [5.74, 6) is 0.625. The molecule has 1 nitrogen and oxygen atoms in total. The second kappa shape index (κ2) is 4.72. The predicted molar refractivity (Wildman–Crippen MR) is 104 cm³/mol. The molecule has 2 aliphatic rings. The minimum Gasteiger partial charge on any atom is -0.192 e. The molecule has 2 heterocycles. The molecule has 1 heteroatoms. The molecular formula is C24H26N+. The van der Waals surface area contributed by atoms with Gasteiger partial charge in [-0.1, -0.05) is 44.2 Å². The molecule has 1 aliphatic heterocycles. The van der Waals surface area contributed by atoms with Crippen molar-refractivity contribution in [3.63, 3.8) is 0 Å². The van der Waals surface area contributed by atoms with E-state index in [0.717, 1.165) is 0 Å². The lowest BCUT2D eigenvalue weighted by Crippen LogP contribution is -2.52. The quantitative estimate of drug-likeness (QED) is 0.531. The van der Waals surface area contributed by atoms with Gasteiger partial charge in [-0.2, -0.15) is 4.57 Å². The van der Waals surface area contributed by atoms with E-state index in [0.29, 0.717) is 5.92 Å². The molecule has 1 fully saturated rings. The summed E-state index contributed by atoms with van der Waals surface area (Å²) in [4.78, 5) is 0. The number of benzene rings is 2. The Balaban J connectivity index is 1.86. The lowest BCUT2D eigenvalue weighted by Gasteiger charge is -2.27. The molecule has 0 amide bonds. The number of rotatable bonds is 2. The van der Waals surface area contributed by atoms with Gasteiger partial charge in [0.25, 0.3) is 0 Å². The van der Waals surface area contributed by atoms with E-state index < -0.39 is 0 Å². The number of nitrogens with zero attached hydrogens (tertiary/aromatic N) is 1. The lowest BCUT2D eigenvalue weighted by molar-refractivity contribution is -0.730. The summed E-state index contributed by atoms with van der Waals surface area (Å²) < 4.78 is 2.56. The number of hydrogen-bond donors (Lipinski definition) is 0. The molecule has 3 unspecified atom stereocenters. The Bertz CT molecular complexity index is 1020. The van der Waals surface area contributed by atoms with Gasteiger partial charge in [-0.05, 0) is 47.9 Å². The Kier molecular flexibility index (Phi) is 2.86. The van der Waals surface area contributed by atoms with Crippen LogP contribution in [-0.2, 0) is 11.0 Å². The van der Waals surface area contributed by atoms with Crippen LogP contribution in [0.3, 0.4) is 0 Å². The van der Waals surface area contributed by atoms with E-state index in [1.54, 1.807) is 5.56 Å². The second-order valence-corrected chi connectivity index (χ2v) is 8.52. The van der Waals surface area contributed by atoms with Crippen LogP contribution in [0.25, 0.3) is 22.0 Å². The van der Waals surface area contributed by atoms with Gasteiger partial charge in [0.2, 0.25) is 5.69 Å². The highest BCUT2D eigenvalue weighted by Gasteiger charge is 2.73. The van der Waals surface area contributed by atoms with Crippen molar-refractivity contribution in [1.29, 1.82) is 0 Å². The summed E-state index contributed by atoms with van der Waals surface area (Å²) >= 11 is 0. The summed E-state index contributed by atoms with van der Waals surface area (Å²) in [7, 11) is 0. The lowest BCUT2D eigenvalue weighted by atomic mass is 9.80. The van der Waals surface area contributed by atoms with Gasteiger partial charge in [-0.25, -0.2) is 0 Å². The fourth-order valence-corrected chi connectivity index (χ4v) is 5.05. The van der Waals surface area contributed by atoms with E-state index in [1.807, 2.05) is 0 Å². The summed E-state index contributed by atoms with van der Waals surface area (Å²) in [6.07, 6.45) is 4.74. The minimum atomic E-state index is 0.202. The molecule has 3 atom stereocenters. The summed E-state index contributed by atoms with van der Waals surface area (Å²) in [5.41, 5.74) is 6.34. The van der Waals surface area contributed by atoms with E-state index >= 15 is 0 Å². The molecule has 0 radical (unpaired) electrons. The first-order valence-electron chi connectivity index (χ1n) is 9.58. The molecule has 1 saturated carbocycles. The smallest absolute Gasteiger partial charge is 0.192 e. The molecule has 3 aromatic rings. The van der Waals surface area contributed by atoms with Crippen molar-refractivity contribution in [2.75, 3.05) is 0 Å². The van der Waals surface area contributed by atoms with Gasteiger partial charge in [0.05, 0.1) is 16.4 Å². The van der Waals surface area contributed by atoms with E-state index in [2.05, 4.69) is 87.0 Å². The normalized spacial score (nSPS) is 27.4. The van der Waals surface area contributed by atoms with Gasteiger partial charge in [-0.3, -0.25) is 0 Å². The molecule has 1 aromatic heterocycles. The van der Waals surface area contributed by atoms with Gasteiger partial charge in [0, 0.05) is 19.4 Å². The van der Waals surface area contributed by atoms with Crippen molar-refractivity contribution < 1.29 is 4.57 Å². The highest BCUT2D eigenvalue weighted by molar-refractivity contribution is 5.94. The van der Waals surface area contributed by atoms with Crippen LogP contribution in [0, 0.1) is 0 Å². The largest absolute Gasteiger partial charge is 0.221 e. The fourth-order valence-electron chi connectivity index (χ4n) is 5.05. The Morgan fingerprint density at radius 3 is 2.68 bits per heavy atom. The predicted octanol–water partition coefficient (Wildman–Crippen LogP) is 5.70. The third-order valence-corrected chi connectivity index (χ3v) is 7.23. The van der Waals surface area contributed by atoms with Crippen molar-refractivity contribution >= 4 is 10.8 Å². The van der Waals surface area contributed by atoms with Gasteiger partial charge in [0.15, 0.2) is 11.7 Å². The van der Waals surface area contributed by atoms with Gasteiger partial charge >= 0.3 is 0 Å². The molecule has 25 heavy (non-hydrogen) atoms. The van der Waals surface area contributed by atoms with E-state index in [4.69, 9.17) is 0 Å². The molecule has 0 bridgehead atoms. The van der Waals surface area contributed by atoms with E-state index in [1.165, 1.54) is 40.4 Å².